The summed E-state index contributed by atoms with van der Waals surface area (Å²) in [5, 5.41) is 29.0. The van der Waals surface area contributed by atoms with Crippen LogP contribution in [0.15, 0.2) is 68.6 Å². The van der Waals surface area contributed by atoms with E-state index < -0.39 is 32.5 Å². The molecule has 20 heteroatoms. The molecule has 0 spiro atoms. The van der Waals surface area contributed by atoms with E-state index >= 15 is 0 Å². The lowest BCUT2D eigenvalue weighted by Crippen LogP contribution is -2.15. The van der Waals surface area contributed by atoms with Crippen molar-refractivity contribution < 1.29 is 52.0 Å². The molecule has 0 unspecified atom stereocenters. The van der Waals surface area contributed by atoms with Gasteiger partial charge in [-0.15, -0.1) is 14.6 Å². The number of anilines is 4. The van der Waals surface area contributed by atoms with Gasteiger partial charge in [-0.05, 0) is 43.3 Å². The van der Waals surface area contributed by atoms with E-state index in [-0.39, 0.29) is 44.6 Å². The largest absolute Gasteiger partial charge is 0.478 e. The standard InChI is InChI=1S/C22H22N6O10S3.H2O/c1-11-2-4-12(5-3-11)25-27-20-14(23)9-15(24)21(19(20)22(30)31)28-26-16-7-6-13(8-17(16)41(33,34)35)40-36-18(29)10-39-38-37-32;/h2-9,25,27,32H,10,23-24H2,1H3,(H,30,31)(H,33,34,35);1H2. The zero-order valence-corrected chi connectivity index (χ0v) is 23.7. The van der Waals surface area contributed by atoms with Crippen LogP contribution >= 0.6 is 24.1 Å². The van der Waals surface area contributed by atoms with Crippen molar-refractivity contribution in [1.82, 2.24) is 0 Å². The van der Waals surface area contributed by atoms with Gasteiger partial charge >= 0.3 is 11.9 Å². The van der Waals surface area contributed by atoms with E-state index in [1.165, 1.54) is 12.1 Å². The van der Waals surface area contributed by atoms with Gasteiger partial charge in [0.2, 0.25) is 0 Å². The van der Waals surface area contributed by atoms with Gasteiger partial charge in [0.15, 0.2) is 0 Å². The summed E-state index contributed by atoms with van der Waals surface area (Å²) >= 11 is 0.888. The number of aryl methyl sites for hydroxylation is 1. The van der Waals surface area contributed by atoms with Gasteiger partial charge in [0, 0.05) is 16.9 Å². The first-order chi connectivity index (χ1) is 19.4. The van der Waals surface area contributed by atoms with Crippen molar-refractivity contribution in [1.29, 1.82) is 0 Å². The lowest BCUT2D eigenvalue weighted by atomic mass is 10.1. The second-order valence-electron chi connectivity index (χ2n) is 7.82. The second kappa shape index (κ2) is 15.2. The van der Waals surface area contributed by atoms with E-state index in [1.54, 1.807) is 12.1 Å². The summed E-state index contributed by atoms with van der Waals surface area (Å²) in [6.07, 6.45) is 0. The van der Waals surface area contributed by atoms with Crippen LogP contribution in [0.4, 0.5) is 34.1 Å². The van der Waals surface area contributed by atoms with Gasteiger partial charge in [-0.25, -0.2) is 10.1 Å². The van der Waals surface area contributed by atoms with E-state index in [0.29, 0.717) is 29.8 Å². The molecule has 0 aromatic heterocycles. The Morgan fingerprint density at radius 2 is 1.71 bits per heavy atom. The van der Waals surface area contributed by atoms with Crippen LogP contribution in [-0.4, -0.2) is 46.5 Å². The maximum Gasteiger partial charge on any atom is 0.340 e. The SMILES string of the molecule is Cc1ccc(NNc2c(N)cc(N)c(N=Nc3ccc(SOC(=O)CSOOO)cc3S(=O)(=O)O)c2C(=O)O)cc1.O. The molecule has 0 aliphatic heterocycles. The highest BCUT2D eigenvalue weighted by Gasteiger charge is 2.23. The normalized spacial score (nSPS) is 11.1. The van der Waals surface area contributed by atoms with Gasteiger partial charge in [-0.2, -0.15) is 8.42 Å². The predicted molar refractivity (Wildman–Crippen MR) is 154 cm³/mol. The molecule has 0 aliphatic rings. The number of carbonyl (C=O) groups is 2. The molecule has 0 bridgehead atoms. The van der Waals surface area contributed by atoms with Crippen LogP contribution in [0.25, 0.3) is 0 Å². The molecule has 0 saturated carbocycles. The maximum atomic E-state index is 12.2. The highest BCUT2D eigenvalue weighted by Crippen LogP contribution is 2.39. The summed E-state index contributed by atoms with van der Waals surface area (Å²) < 4.78 is 42.7. The van der Waals surface area contributed by atoms with Gasteiger partial charge < -0.3 is 31.7 Å². The molecule has 0 aliphatic carbocycles. The molecule has 0 atom stereocenters. The van der Waals surface area contributed by atoms with Crippen molar-refractivity contribution in [2.45, 2.75) is 16.7 Å². The number of nitrogens with one attached hydrogen (secondary N) is 2. The number of rotatable bonds is 13. The minimum atomic E-state index is -4.88. The summed E-state index contributed by atoms with van der Waals surface area (Å²) in [5.41, 5.74) is 17.7. The average Bonchev–Trinajstić information content (AvgIpc) is 2.91. The van der Waals surface area contributed by atoms with Crippen LogP contribution in [0, 0.1) is 6.92 Å². The number of hydrogen-bond donors (Lipinski definition) is 7. The summed E-state index contributed by atoms with van der Waals surface area (Å²) in [6, 6.07) is 11.8. The van der Waals surface area contributed by atoms with Crippen molar-refractivity contribution in [3.8, 4) is 0 Å². The first-order valence-electron chi connectivity index (χ1n) is 10.9. The molecule has 11 N–H and O–H groups in total. The number of nitrogen functional groups attached to an aromatic ring is 2. The smallest absolute Gasteiger partial charge is 0.340 e. The number of carbonyl (C=O) groups excluding carboxylic acids is 1. The van der Waals surface area contributed by atoms with E-state index in [2.05, 4.69) is 30.5 Å². The Kier molecular flexibility index (Phi) is 12.3. The maximum absolute atomic E-state index is 12.2. The van der Waals surface area contributed by atoms with Crippen molar-refractivity contribution in [3.63, 3.8) is 0 Å². The van der Waals surface area contributed by atoms with E-state index in [0.717, 1.165) is 17.7 Å². The van der Waals surface area contributed by atoms with E-state index in [4.69, 9.17) is 20.9 Å². The van der Waals surface area contributed by atoms with Crippen LogP contribution in [0.1, 0.15) is 15.9 Å². The Morgan fingerprint density at radius 1 is 1.02 bits per heavy atom. The van der Waals surface area contributed by atoms with Gasteiger partial charge in [-0.3, -0.25) is 14.8 Å². The lowest BCUT2D eigenvalue weighted by molar-refractivity contribution is -0.432. The van der Waals surface area contributed by atoms with Crippen molar-refractivity contribution in [3.05, 3.63) is 59.7 Å². The number of nitrogens with two attached hydrogens (primary N) is 2. The molecule has 3 aromatic carbocycles. The summed E-state index contributed by atoms with van der Waals surface area (Å²) in [6.45, 7) is 1.90. The van der Waals surface area contributed by atoms with Gasteiger partial charge in [-0.1, -0.05) is 22.7 Å². The predicted octanol–water partition coefficient (Wildman–Crippen LogP) is 3.75. The Bertz CT molecular complexity index is 1570. The van der Waals surface area contributed by atoms with E-state index in [9.17, 15) is 27.7 Å². The minimum Gasteiger partial charge on any atom is -0.478 e. The fraction of sp³-hybridized carbons (Fsp3) is 0.0909. The lowest BCUT2D eigenvalue weighted by Gasteiger charge is -2.17. The molecule has 0 saturated heterocycles. The number of hydrazine groups is 1. The third kappa shape index (κ3) is 9.19. The molecule has 0 radical (unpaired) electrons. The summed E-state index contributed by atoms with van der Waals surface area (Å²) in [7, 11) is -4.88. The highest BCUT2D eigenvalue weighted by molar-refractivity contribution is 7.96. The molecular formula is C22H24N6O11S3. The number of carboxylic acids is 1. The number of azo groups is 1. The van der Waals surface area contributed by atoms with Crippen LogP contribution in [-0.2, 0) is 28.5 Å². The third-order valence-electron chi connectivity index (χ3n) is 4.91. The monoisotopic (exact) mass is 644 g/mol. The Balaban J connectivity index is 0.00000616. The molecule has 3 aromatic rings. The van der Waals surface area contributed by atoms with Gasteiger partial charge in [0.1, 0.15) is 27.6 Å². The highest BCUT2D eigenvalue weighted by atomic mass is 32.2. The van der Waals surface area contributed by atoms with Crippen LogP contribution in [0.5, 0.6) is 0 Å². The molecule has 17 nitrogen and oxygen atoms in total. The third-order valence-corrected chi connectivity index (χ3v) is 7.02. The van der Waals surface area contributed by atoms with E-state index in [1.807, 2.05) is 19.1 Å². The minimum absolute atomic E-state index is 0. The van der Waals surface area contributed by atoms with Crippen LogP contribution < -0.4 is 22.3 Å². The number of nitrogens with zero attached hydrogens (tertiary/aromatic N) is 2. The average molecular weight is 645 g/mol. The molecule has 3 rings (SSSR count). The quantitative estimate of drug-likeness (QED) is 0.0265. The second-order valence-corrected chi connectivity index (χ2v) is 10.7. The number of aromatic carboxylic acids is 1. The Labute approximate surface area is 246 Å². The Hall–Kier alpha value is -4.15. The molecule has 0 amide bonds. The zero-order valence-electron chi connectivity index (χ0n) is 21.3. The molecule has 0 fully saturated rings. The fourth-order valence-electron chi connectivity index (χ4n) is 3.09. The molecule has 42 heavy (non-hydrogen) atoms. The van der Waals surface area contributed by atoms with Crippen molar-refractivity contribution in [2.24, 2.45) is 10.2 Å². The van der Waals surface area contributed by atoms with Crippen LogP contribution in [0.2, 0.25) is 0 Å². The first-order valence-corrected chi connectivity index (χ1v) is 14.0. The van der Waals surface area contributed by atoms with Gasteiger partial charge in [0.05, 0.1) is 34.8 Å². The molecular weight excluding hydrogens is 620 g/mol. The van der Waals surface area contributed by atoms with Crippen LogP contribution in [0.3, 0.4) is 0 Å². The Morgan fingerprint density at radius 3 is 2.33 bits per heavy atom. The topological polar surface area (TPSA) is 289 Å². The fourth-order valence-corrected chi connectivity index (χ4v) is 4.67. The number of benzene rings is 3. The summed E-state index contributed by atoms with van der Waals surface area (Å²) in [4.78, 5) is 23.2. The molecule has 226 valence electrons. The zero-order chi connectivity index (χ0) is 30.2. The number of hydrogen-bond acceptors (Lipinski definition) is 16. The van der Waals surface area contributed by atoms with Crippen molar-refractivity contribution in [2.75, 3.05) is 28.1 Å². The van der Waals surface area contributed by atoms with Crippen molar-refractivity contribution >= 4 is 80.3 Å². The number of carboxylic acid groups (broad SMARTS) is 1. The summed E-state index contributed by atoms with van der Waals surface area (Å²) in [5.74, 6) is -2.67. The van der Waals surface area contributed by atoms with Gasteiger partial charge in [0.25, 0.3) is 10.1 Å². The molecule has 0 heterocycles. The first kappa shape index (κ1) is 34.1.